The highest BCUT2D eigenvalue weighted by molar-refractivity contribution is 5.95. The van der Waals surface area contributed by atoms with Gasteiger partial charge in [0.15, 0.2) is 11.6 Å². The standard InChI is InChI=1S/C14H16N4O2/c1-3-20-14-12(15)13(16-8-17-14)18-11-6-4-5-10(7-11)9(2)19/h4-8H,3,15H2,1-2H3,(H,16,17,18). The van der Waals surface area contributed by atoms with Gasteiger partial charge in [-0.05, 0) is 26.0 Å². The average Bonchev–Trinajstić information content (AvgIpc) is 2.44. The average molecular weight is 272 g/mol. The minimum atomic E-state index is -0.000634. The molecule has 0 saturated heterocycles. The summed E-state index contributed by atoms with van der Waals surface area (Å²) in [4.78, 5) is 19.4. The van der Waals surface area contributed by atoms with Crippen molar-refractivity contribution in [3.63, 3.8) is 0 Å². The third-order valence-corrected chi connectivity index (χ3v) is 2.66. The first-order chi connectivity index (χ1) is 9.61. The largest absolute Gasteiger partial charge is 0.476 e. The molecule has 0 spiro atoms. The van der Waals surface area contributed by atoms with Gasteiger partial charge in [-0.25, -0.2) is 4.98 Å². The molecule has 104 valence electrons. The molecular formula is C14H16N4O2. The van der Waals surface area contributed by atoms with Crippen LogP contribution >= 0.6 is 0 Å². The van der Waals surface area contributed by atoms with Gasteiger partial charge in [0.1, 0.15) is 12.0 Å². The van der Waals surface area contributed by atoms with E-state index in [1.807, 2.05) is 13.0 Å². The van der Waals surface area contributed by atoms with Crippen molar-refractivity contribution in [1.29, 1.82) is 0 Å². The van der Waals surface area contributed by atoms with Crippen LogP contribution in [-0.4, -0.2) is 22.4 Å². The van der Waals surface area contributed by atoms with Gasteiger partial charge in [0, 0.05) is 11.3 Å². The normalized spacial score (nSPS) is 10.1. The number of ether oxygens (including phenoxy) is 1. The molecular weight excluding hydrogens is 256 g/mol. The number of anilines is 3. The highest BCUT2D eigenvalue weighted by atomic mass is 16.5. The van der Waals surface area contributed by atoms with Crippen molar-refractivity contribution >= 4 is 23.0 Å². The van der Waals surface area contributed by atoms with Gasteiger partial charge in [0.2, 0.25) is 5.88 Å². The van der Waals surface area contributed by atoms with Gasteiger partial charge in [-0.2, -0.15) is 4.98 Å². The number of carbonyl (C=O) groups excluding carboxylic acids is 1. The van der Waals surface area contributed by atoms with E-state index in [0.717, 1.165) is 5.69 Å². The van der Waals surface area contributed by atoms with E-state index in [1.54, 1.807) is 18.2 Å². The number of carbonyl (C=O) groups is 1. The zero-order valence-electron chi connectivity index (χ0n) is 11.4. The van der Waals surface area contributed by atoms with Crippen LogP contribution < -0.4 is 15.8 Å². The van der Waals surface area contributed by atoms with Crippen LogP contribution in [0.3, 0.4) is 0 Å². The summed E-state index contributed by atoms with van der Waals surface area (Å²) < 4.78 is 5.31. The monoisotopic (exact) mass is 272 g/mol. The maximum Gasteiger partial charge on any atom is 0.242 e. The fourth-order valence-corrected chi connectivity index (χ4v) is 1.68. The van der Waals surface area contributed by atoms with E-state index >= 15 is 0 Å². The van der Waals surface area contributed by atoms with Crippen LogP contribution in [0.1, 0.15) is 24.2 Å². The maximum absolute atomic E-state index is 11.4. The third-order valence-electron chi connectivity index (χ3n) is 2.66. The quantitative estimate of drug-likeness (QED) is 0.812. The molecule has 0 radical (unpaired) electrons. The van der Waals surface area contributed by atoms with Crippen LogP contribution in [0.2, 0.25) is 0 Å². The molecule has 0 unspecified atom stereocenters. The molecule has 2 aromatic rings. The number of hydrogen-bond acceptors (Lipinski definition) is 6. The van der Waals surface area contributed by atoms with Crippen LogP contribution in [0.25, 0.3) is 0 Å². The number of rotatable bonds is 5. The lowest BCUT2D eigenvalue weighted by Gasteiger charge is -2.11. The summed E-state index contributed by atoms with van der Waals surface area (Å²) in [6.07, 6.45) is 1.37. The first kappa shape index (κ1) is 13.8. The lowest BCUT2D eigenvalue weighted by Crippen LogP contribution is -2.05. The smallest absolute Gasteiger partial charge is 0.242 e. The second-order valence-electron chi connectivity index (χ2n) is 4.14. The lowest BCUT2D eigenvalue weighted by molar-refractivity contribution is 0.101. The summed E-state index contributed by atoms with van der Waals surface area (Å²) in [5.41, 5.74) is 7.62. The van der Waals surface area contributed by atoms with Gasteiger partial charge >= 0.3 is 0 Å². The number of nitrogen functional groups attached to an aromatic ring is 1. The van der Waals surface area contributed by atoms with Gasteiger partial charge < -0.3 is 15.8 Å². The lowest BCUT2D eigenvalue weighted by atomic mass is 10.1. The van der Waals surface area contributed by atoms with E-state index in [-0.39, 0.29) is 5.78 Å². The topological polar surface area (TPSA) is 90.1 Å². The predicted molar refractivity (Wildman–Crippen MR) is 77.3 cm³/mol. The highest BCUT2D eigenvalue weighted by Gasteiger charge is 2.09. The Labute approximate surface area is 117 Å². The Kier molecular flexibility index (Phi) is 4.14. The van der Waals surface area contributed by atoms with Crippen LogP contribution in [0.4, 0.5) is 17.2 Å². The SMILES string of the molecule is CCOc1ncnc(Nc2cccc(C(C)=O)c2)c1N. The van der Waals surface area contributed by atoms with Gasteiger partial charge in [-0.15, -0.1) is 0 Å². The molecule has 1 aromatic heterocycles. The second-order valence-corrected chi connectivity index (χ2v) is 4.14. The Balaban J connectivity index is 2.28. The maximum atomic E-state index is 11.4. The number of Topliss-reactive ketones (excluding diaryl/α,β-unsaturated/α-hetero) is 1. The number of nitrogens with two attached hydrogens (primary N) is 1. The van der Waals surface area contributed by atoms with Crippen LogP contribution in [-0.2, 0) is 0 Å². The number of nitrogens with zero attached hydrogens (tertiary/aromatic N) is 2. The molecule has 0 atom stereocenters. The van der Waals surface area contributed by atoms with Crippen LogP contribution in [0.15, 0.2) is 30.6 Å². The summed E-state index contributed by atoms with van der Waals surface area (Å²) in [7, 11) is 0. The number of benzene rings is 1. The highest BCUT2D eigenvalue weighted by Crippen LogP contribution is 2.27. The minimum absolute atomic E-state index is 0.000634. The fraction of sp³-hybridized carbons (Fsp3) is 0.214. The van der Waals surface area contributed by atoms with Gasteiger partial charge in [-0.3, -0.25) is 4.79 Å². The molecule has 0 fully saturated rings. The van der Waals surface area contributed by atoms with Gasteiger partial charge in [0.05, 0.1) is 6.61 Å². The molecule has 0 aliphatic carbocycles. The summed E-state index contributed by atoms with van der Waals surface area (Å²) in [5, 5.41) is 3.06. The molecule has 0 bridgehead atoms. The Morgan fingerprint density at radius 1 is 1.40 bits per heavy atom. The fourth-order valence-electron chi connectivity index (χ4n) is 1.68. The van der Waals surface area contributed by atoms with Crippen molar-refractivity contribution in [3.8, 4) is 5.88 Å². The molecule has 6 nitrogen and oxygen atoms in total. The summed E-state index contributed by atoms with van der Waals surface area (Å²) >= 11 is 0. The van der Waals surface area contributed by atoms with Gasteiger partial charge in [-0.1, -0.05) is 12.1 Å². The van der Waals surface area contributed by atoms with E-state index in [0.29, 0.717) is 29.6 Å². The predicted octanol–water partition coefficient (Wildman–Crippen LogP) is 2.40. The second kappa shape index (κ2) is 6.01. The van der Waals surface area contributed by atoms with Crippen molar-refractivity contribution in [2.24, 2.45) is 0 Å². The third kappa shape index (κ3) is 3.03. The minimum Gasteiger partial charge on any atom is -0.476 e. The Morgan fingerprint density at radius 3 is 2.90 bits per heavy atom. The zero-order valence-corrected chi connectivity index (χ0v) is 11.4. The van der Waals surface area contributed by atoms with Crippen molar-refractivity contribution in [1.82, 2.24) is 9.97 Å². The van der Waals surface area contributed by atoms with Crippen LogP contribution in [0.5, 0.6) is 5.88 Å². The number of aromatic nitrogens is 2. The first-order valence-corrected chi connectivity index (χ1v) is 6.23. The van der Waals surface area contributed by atoms with Crippen molar-refractivity contribution in [3.05, 3.63) is 36.2 Å². The number of nitrogens with one attached hydrogen (secondary N) is 1. The van der Waals surface area contributed by atoms with Crippen molar-refractivity contribution in [2.75, 3.05) is 17.7 Å². The molecule has 0 saturated carbocycles. The van der Waals surface area contributed by atoms with Crippen LogP contribution in [0, 0.1) is 0 Å². The Hall–Kier alpha value is -2.63. The molecule has 6 heteroatoms. The first-order valence-electron chi connectivity index (χ1n) is 6.23. The molecule has 2 rings (SSSR count). The van der Waals surface area contributed by atoms with E-state index < -0.39 is 0 Å². The Bertz CT molecular complexity index is 628. The Morgan fingerprint density at radius 2 is 2.20 bits per heavy atom. The van der Waals surface area contributed by atoms with Crippen molar-refractivity contribution in [2.45, 2.75) is 13.8 Å². The summed E-state index contributed by atoms with van der Waals surface area (Å²) in [5.74, 6) is 0.788. The number of hydrogen-bond donors (Lipinski definition) is 2. The molecule has 3 N–H and O–H groups in total. The molecule has 1 aromatic carbocycles. The summed E-state index contributed by atoms with van der Waals surface area (Å²) in [6, 6.07) is 7.11. The molecule has 1 heterocycles. The van der Waals surface area contributed by atoms with Gasteiger partial charge in [0.25, 0.3) is 0 Å². The zero-order chi connectivity index (χ0) is 14.5. The van der Waals surface area contributed by atoms with Crippen molar-refractivity contribution < 1.29 is 9.53 Å². The summed E-state index contributed by atoms with van der Waals surface area (Å²) in [6.45, 7) is 3.84. The molecule has 0 aliphatic heterocycles. The van der Waals surface area contributed by atoms with E-state index in [4.69, 9.17) is 10.5 Å². The molecule has 20 heavy (non-hydrogen) atoms. The van der Waals surface area contributed by atoms with E-state index in [1.165, 1.54) is 13.3 Å². The van der Waals surface area contributed by atoms with E-state index in [2.05, 4.69) is 15.3 Å². The van der Waals surface area contributed by atoms with E-state index in [9.17, 15) is 4.79 Å². The molecule has 0 amide bonds. The number of ketones is 1. The molecule has 0 aliphatic rings.